The van der Waals surface area contributed by atoms with E-state index in [-0.39, 0.29) is 5.82 Å². The maximum absolute atomic E-state index is 12.8. The van der Waals surface area contributed by atoms with Crippen molar-refractivity contribution in [2.45, 2.75) is 19.3 Å². The summed E-state index contributed by atoms with van der Waals surface area (Å²) in [5.41, 5.74) is 0.509. The third-order valence-corrected chi connectivity index (χ3v) is 3.68. The molecule has 2 aromatic rings. The molecule has 0 aliphatic carbocycles. The number of urea groups is 1. The topological polar surface area (TPSA) is 70.2 Å². The van der Waals surface area contributed by atoms with Crippen LogP contribution in [0.4, 0.5) is 26.5 Å². The minimum Gasteiger partial charge on any atom is -0.356 e. The van der Waals surface area contributed by atoms with E-state index in [1.54, 1.807) is 6.07 Å². The van der Waals surface area contributed by atoms with Crippen LogP contribution in [0, 0.1) is 5.82 Å². The van der Waals surface area contributed by atoms with Gasteiger partial charge < -0.3 is 10.2 Å². The van der Waals surface area contributed by atoms with E-state index in [1.807, 2.05) is 0 Å². The molecule has 1 saturated heterocycles. The Labute approximate surface area is 133 Å². The molecule has 2 N–H and O–H groups in total. The number of amides is 2. The van der Waals surface area contributed by atoms with Crippen LogP contribution in [0.5, 0.6) is 0 Å². The van der Waals surface area contributed by atoms with Crippen molar-refractivity contribution in [3.05, 3.63) is 42.5 Å². The van der Waals surface area contributed by atoms with Gasteiger partial charge in [0, 0.05) is 24.8 Å². The van der Waals surface area contributed by atoms with Gasteiger partial charge in [-0.2, -0.15) is 0 Å². The number of hydrogen-bond donors (Lipinski definition) is 2. The lowest BCUT2D eigenvalue weighted by Crippen LogP contribution is -2.30. The summed E-state index contributed by atoms with van der Waals surface area (Å²) in [5.74, 6) is 0.898. The maximum Gasteiger partial charge on any atom is 0.324 e. The number of halogens is 1. The number of nitrogens with zero attached hydrogens (tertiary/aromatic N) is 3. The van der Waals surface area contributed by atoms with E-state index in [2.05, 4.69) is 25.5 Å². The minimum absolute atomic E-state index is 0.349. The molecule has 0 saturated carbocycles. The average Bonchev–Trinajstić information content (AvgIpc) is 2.58. The lowest BCUT2D eigenvalue weighted by atomic mass is 10.1. The number of aromatic nitrogens is 2. The Morgan fingerprint density at radius 2 is 1.78 bits per heavy atom. The second kappa shape index (κ2) is 7.04. The predicted molar refractivity (Wildman–Crippen MR) is 87.1 cm³/mol. The molecule has 2 amide bonds. The van der Waals surface area contributed by atoms with Crippen molar-refractivity contribution in [2.75, 3.05) is 28.6 Å². The van der Waals surface area contributed by atoms with E-state index in [4.69, 9.17) is 0 Å². The maximum atomic E-state index is 12.8. The van der Waals surface area contributed by atoms with Crippen LogP contribution in [0.2, 0.25) is 0 Å². The third kappa shape index (κ3) is 4.15. The summed E-state index contributed by atoms with van der Waals surface area (Å²) in [5, 5.41) is 5.29. The standard InChI is InChI=1S/C16H18FN5O/c17-12-4-6-13(7-5-12)20-16(23)21-14-10-15(19-11-18-14)22-8-2-1-3-9-22/h4-7,10-11H,1-3,8-9H2,(H2,18,19,20,21,23). The van der Waals surface area contributed by atoms with E-state index < -0.39 is 6.03 Å². The number of carbonyl (C=O) groups excluding carboxylic acids is 1. The van der Waals surface area contributed by atoms with Crippen LogP contribution < -0.4 is 15.5 Å². The van der Waals surface area contributed by atoms with Gasteiger partial charge in [0.2, 0.25) is 0 Å². The van der Waals surface area contributed by atoms with Crippen LogP contribution in [0.3, 0.4) is 0 Å². The number of piperidine rings is 1. The zero-order valence-electron chi connectivity index (χ0n) is 12.6. The van der Waals surface area contributed by atoms with Gasteiger partial charge in [-0.15, -0.1) is 0 Å². The molecule has 1 aromatic carbocycles. The van der Waals surface area contributed by atoms with Crippen LogP contribution in [0.15, 0.2) is 36.7 Å². The first-order valence-electron chi connectivity index (χ1n) is 7.61. The molecule has 0 spiro atoms. The highest BCUT2D eigenvalue weighted by atomic mass is 19.1. The summed E-state index contributed by atoms with van der Waals surface area (Å²) in [4.78, 5) is 22.5. The van der Waals surface area contributed by atoms with E-state index in [0.717, 1.165) is 31.7 Å². The van der Waals surface area contributed by atoms with Crippen LogP contribution in [-0.2, 0) is 0 Å². The molecule has 23 heavy (non-hydrogen) atoms. The van der Waals surface area contributed by atoms with Gasteiger partial charge in [0.15, 0.2) is 0 Å². The lowest BCUT2D eigenvalue weighted by molar-refractivity contribution is 0.262. The highest BCUT2D eigenvalue weighted by molar-refractivity contribution is 5.99. The molecular formula is C16H18FN5O. The van der Waals surface area contributed by atoms with Gasteiger partial charge >= 0.3 is 6.03 Å². The molecule has 2 heterocycles. The predicted octanol–water partition coefficient (Wildman–Crippen LogP) is 3.25. The van der Waals surface area contributed by atoms with Gasteiger partial charge in [-0.1, -0.05) is 0 Å². The van der Waals surface area contributed by atoms with Crippen LogP contribution in [-0.4, -0.2) is 29.1 Å². The summed E-state index contributed by atoms with van der Waals surface area (Å²) < 4.78 is 12.8. The molecule has 7 heteroatoms. The molecule has 1 aliphatic heterocycles. The molecule has 6 nitrogen and oxygen atoms in total. The third-order valence-electron chi connectivity index (χ3n) is 3.68. The molecule has 1 fully saturated rings. The fraction of sp³-hybridized carbons (Fsp3) is 0.312. The molecule has 120 valence electrons. The number of benzene rings is 1. The summed E-state index contributed by atoms with van der Waals surface area (Å²) in [6.45, 7) is 1.94. The Morgan fingerprint density at radius 1 is 1.04 bits per heavy atom. The van der Waals surface area contributed by atoms with Crippen molar-refractivity contribution in [3.8, 4) is 0 Å². The molecule has 0 radical (unpaired) electrons. The lowest BCUT2D eigenvalue weighted by Gasteiger charge is -2.27. The quantitative estimate of drug-likeness (QED) is 0.912. The smallest absolute Gasteiger partial charge is 0.324 e. The average molecular weight is 315 g/mol. The molecule has 0 atom stereocenters. The normalized spacial score (nSPS) is 14.4. The van der Waals surface area contributed by atoms with Gasteiger partial charge in [0.1, 0.15) is 23.8 Å². The van der Waals surface area contributed by atoms with Crippen LogP contribution >= 0.6 is 0 Å². The highest BCUT2D eigenvalue weighted by Gasteiger charge is 2.13. The van der Waals surface area contributed by atoms with Crippen molar-refractivity contribution in [1.29, 1.82) is 0 Å². The van der Waals surface area contributed by atoms with Crippen molar-refractivity contribution in [2.24, 2.45) is 0 Å². The highest BCUT2D eigenvalue weighted by Crippen LogP contribution is 2.19. The van der Waals surface area contributed by atoms with Gasteiger partial charge in [-0.3, -0.25) is 5.32 Å². The summed E-state index contributed by atoms with van der Waals surface area (Å²) in [7, 11) is 0. The second-order valence-corrected chi connectivity index (χ2v) is 5.40. The number of anilines is 3. The Bertz CT molecular complexity index is 670. The number of rotatable bonds is 3. The van der Waals surface area contributed by atoms with Crippen LogP contribution in [0.25, 0.3) is 0 Å². The largest absolute Gasteiger partial charge is 0.356 e. The fourth-order valence-electron chi connectivity index (χ4n) is 2.52. The Balaban J connectivity index is 1.62. The van der Waals surface area contributed by atoms with Crippen molar-refractivity contribution in [3.63, 3.8) is 0 Å². The van der Waals surface area contributed by atoms with E-state index >= 15 is 0 Å². The van der Waals surface area contributed by atoms with Crippen molar-refractivity contribution >= 4 is 23.4 Å². The number of carbonyl (C=O) groups is 1. The first-order valence-corrected chi connectivity index (χ1v) is 7.61. The molecule has 3 rings (SSSR count). The van der Waals surface area contributed by atoms with Gasteiger partial charge in [0.05, 0.1) is 0 Å². The second-order valence-electron chi connectivity index (χ2n) is 5.40. The monoisotopic (exact) mass is 315 g/mol. The molecule has 0 unspecified atom stereocenters. The first kappa shape index (κ1) is 15.2. The zero-order valence-corrected chi connectivity index (χ0v) is 12.6. The number of nitrogens with one attached hydrogen (secondary N) is 2. The fourth-order valence-corrected chi connectivity index (χ4v) is 2.52. The van der Waals surface area contributed by atoms with Crippen LogP contribution in [0.1, 0.15) is 19.3 Å². The molecule has 0 bridgehead atoms. The van der Waals surface area contributed by atoms with Gasteiger partial charge in [-0.25, -0.2) is 19.2 Å². The van der Waals surface area contributed by atoms with Crippen molar-refractivity contribution in [1.82, 2.24) is 9.97 Å². The van der Waals surface area contributed by atoms with Crippen molar-refractivity contribution < 1.29 is 9.18 Å². The molecular weight excluding hydrogens is 297 g/mol. The summed E-state index contributed by atoms with van der Waals surface area (Å²) in [6, 6.07) is 6.89. The summed E-state index contributed by atoms with van der Waals surface area (Å²) in [6.07, 6.45) is 4.99. The van der Waals surface area contributed by atoms with E-state index in [0.29, 0.717) is 11.5 Å². The zero-order chi connectivity index (χ0) is 16.1. The van der Waals surface area contributed by atoms with Gasteiger partial charge in [0.25, 0.3) is 0 Å². The van der Waals surface area contributed by atoms with Gasteiger partial charge in [-0.05, 0) is 43.5 Å². The minimum atomic E-state index is -0.431. The Morgan fingerprint density at radius 3 is 2.52 bits per heavy atom. The molecule has 1 aromatic heterocycles. The Kier molecular flexibility index (Phi) is 4.65. The van der Waals surface area contributed by atoms with E-state index in [1.165, 1.54) is 37.0 Å². The first-order chi connectivity index (χ1) is 11.2. The Hall–Kier alpha value is -2.70. The summed E-state index contributed by atoms with van der Waals surface area (Å²) >= 11 is 0. The molecule has 1 aliphatic rings. The van der Waals surface area contributed by atoms with E-state index in [9.17, 15) is 9.18 Å². The number of hydrogen-bond acceptors (Lipinski definition) is 4. The SMILES string of the molecule is O=C(Nc1ccc(F)cc1)Nc1cc(N2CCCCC2)ncn1.